The number of rotatable bonds is 3. The molecule has 0 spiro atoms. The van der Waals surface area contributed by atoms with Gasteiger partial charge in [0.1, 0.15) is 5.82 Å². The minimum atomic E-state index is 0.552. The van der Waals surface area contributed by atoms with Crippen LogP contribution in [0.2, 0.25) is 10.0 Å². The topological polar surface area (TPSA) is 42.2 Å². The number of anilines is 1. The zero-order valence-electron chi connectivity index (χ0n) is 12.9. The normalized spacial score (nSPS) is 11.3. The largest absolute Gasteiger partial charge is 0.365 e. The van der Waals surface area contributed by atoms with Gasteiger partial charge in [0.15, 0.2) is 5.65 Å². The van der Waals surface area contributed by atoms with E-state index in [-0.39, 0.29) is 0 Å². The smallest absolute Gasteiger partial charge is 0.158 e. The Labute approximate surface area is 149 Å². The quantitative estimate of drug-likeness (QED) is 0.554. The highest BCUT2D eigenvalue weighted by Gasteiger charge is 2.10. The van der Waals surface area contributed by atoms with Gasteiger partial charge in [-0.15, -0.1) is 0 Å². The molecule has 0 aliphatic carbocycles. The Bertz CT molecular complexity index is 1060. The molecule has 0 unspecified atom stereocenters. The fourth-order valence-corrected chi connectivity index (χ4v) is 3.07. The van der Waals surface area contributed by atoms with Crippen LogP contribution in [0.5, 0.6) is 0 Å². The number of hydrogen-bond donors (Lipinski definition) is 1. The summed E-state index contributed by atoms with van der Waals surface area (Å²) in [4.78, 5) is 4.71. The van der Waals surface area contributed by atoms with E-state index in [0.717, 1.165) is 33.6 Å². The molecule has 4 nitrogen and oxygen atoms in total. The minimum absolute atomic E-state index is 0.552. The molecule has 1 N–H and O–H groups in total. The number of aromatic nitrogens is 3. The van der Waals surface area contributed by atoms with Crippen molar-refractivity contribution in [3.8, 4) is 0 Å². The first-order valence-electron chi connectivity index (χ1n) is 7.55. The van der Waals surface area contributed by atoms with Crippen LogP contribution in [0.15, 0.2) is 48.5 Å². The van der Waals surface area contributed by atoms with E-state index >= 15 is 0 Å². The first-order valence-corrected chi connectivity index (χ1v) is 8.30. The van der Waals surface area contributed by atoms with Crippen molar-refractivity contribution in [3.63, 3.8) is 0 Å². The maximum atomic E-state index is 6.08. The first-order chi connectivity index (χ1) is 11.6. The molecular formula is C18H14Cl2N4. The van der Waals surface area contributed by atoms with Crippen LogP contribution in [0.1, 0.15) is 11.3 Å². The molecule has 2 aromatic carbocycles. The van der Waals surface area contributed by atoms with Gasteiger partial charge in [-0.3, -0.25) is 0 Å². The molecule has 6 heteroatoms. The molecule has 0 saturated carbocycles. The number of aryl methyl sites for hydroxylation is 1. The number of nitrogens with one attached hydrogen (secondary N) is 1. The standard InChI is InChI=1S/C18H14Cl2N4/c1-11-8-17-22-18(13-4-2-3-5-16(13)24(17)23-11)21-10-12-6-7-14(19)15(20)9-12/h2-9H,10H2,1H3,(H,21,22). The van der Waals surface area contributed by atoms with Crippen LogP contribution in [0.25, 0.3) is 16.6 Å². The lowest BCUT2D eigenvalue weighted by atomic mass is 10.2. The number of fused-ring (bicyclic) bond motifs is 3. The Balaban J connectivity index is 1.75. The zero-order valence-corrected chi connectivity index (χ0v) is 14.4. The lowest BCUT2D eigenvalue weighted by molar-refractivity contribution is 0.954. The summed E-state index contributed by atoms with van der Waals surface area (Å²) in [6.45, 7) is 2.57. The van der Waals surface area contributed by atoms with Crippen molar-refractivity contribution in [1.29, 1.82) is 0 Å². The van der Waals surface area contributed by atoms with Gasteiger partial charge in [-0.1, -0.05) is 41.4 Å². The summed E-state index contributed by atoms with van der Waals surface area (Å²) in [5.41, 5.74) is 3.82. The lowest BCUT2D eigenvalue weighted by Crippen LogP contribution is -2.04. The maximum Gasteiger partial charge on any atom is 0.158 e. The summed E-state index contributed by atoms with van der Waals surface area (Å²) < 4.78 is 1.87. The fraction of sp³-hybridized carbons (Fsp3) is 0.111. The second-order valence-electron chi connectivity index (χ2n) is 5.64. The molecule has 0 amide bonds. The molecule has 0 fully saturated rings. The summed E-state index contributed by atoms with van der Waals surface area (Å²) in [6.07, 6.45) is 0. The van der Waals surface area contributed by atoms with Gasteiger partial charge in [0.25, 0.3) is 0 Å². The predicted octanol–water partition coefficient (Wildman–Crippen LogP) is 5.11. The Morgan fingerprint density at radius 3 is 2.71 bits per heavy atom. The van der Waals surface area contributed by atoms with Crippen LogP contribution in [0, 0.1) is 6.92 Å². The highest BCUT2D eigenvalue weighted by molar-refractivity contribution is 6.42. The van der Waals surface area contributed by atoms with Crippen molar-refractivity contribution in [2.75, 3.05) is 5.32 Å². The third kappa shape index (κ3) is 2.68. The van der Waals surface area contributed by atoms with Crippen molar-refractivity contribution in [2.45, 2.75) is 13.5 Å². The highest BCUT2D eigenvalue weighted by atomic mass is 35.5. The van der Waals surface area contributed by atoms with E-state index < -0.39 is 0 Å². The van der Waals surface area contributed by atoms with Gasteiger partial charge in [0, 0.05) is 18.0 Å². The SMILES string of the molecule is Cc1cc2nc(NCc3ccc(Cl)c(Cl)c3)c3ccccc3n2n1. The van der Waals surface area contributed by atoms with Crippen molar-refractivity contribution < 1.29 is 0 Å². The van der Waals surface area contributed by atoms with Crippen LogP contribution in [0.4, 0.5) is 5.82 Å². The second-order valence-corrected chi connectivity index (χ2v) is 6.45. The molecule has 120 valence electrons. The van der Waals surface area contributed by atoms with E-state index in [1.165, 1.54) is 0 Å². The molecule has 4 rings (SSSR count). The van der Waals surface area contributed by atoms with Crippen LogP contribution in [0.3, 0.4) is 0 Å². The monoisotopic (exact) mass is 356 g/mol. The number of nitrogens with zero attached hydrogens (tertiary/aromatic N) is 3. The van der Waals surface area contributed by atoms with E-state index in [2.05, 4.69) is 10.4 Å². The molecule has 0 atom stereocenters. The van der Waals surface area contributed by atoms with Gasteiger partial charge in [0.2, 0.25) is 0 Å². The summed E-state index contributed by atoms with van der Waals surface area (Å²) >= 11 is 12.1. The fourth-order valence-electron chi connectivity index (χ4n) is 2.75. The highest BCUT2D eigenvalue weighted by Crippen LogP contribution is 2.25. The third-order valence-electron chi connectivity index (χ3n) is 3.87. The predicted molar refractivity (Wildman–Crippen MR) is 99.0 cm³/mol. The molecule has 0 saturated heterocycles. The molecule has 2 heterocycles. The number of halogens is 2. The summed E-state index contributed by atoms with van der Waals surface area (Å²) in [7, 11) is 0. The van der Waals surface area contributed by atoms with Crippen LogP contribution in [-0.4, -0.2) is 14.6 Å². The van der Waals surface area contributed by atoms with Gasteiger partial charge in [-0.2, -0.15) is 5.10 Å². The summed E-state index contributed by atoms with van der Waals surface area (Å²) in [6, 6.07) is 15.7. The molecule has 0 aliphatic rings. The minimum Gasteiger partial charge on any atom is -0.365 e. The molecule has 0 aliphatic heterocycles. The van der Waals surface area contributed by atoms with Gasteiger partial charge in [-0.25, -0.2) is 9.50 Å². The average Bonchev–Trinajstić information content (AvgIpc) is 2.96. The van der Waals surface area contributed by atoms with Crippen molar-refractivity contribution >= 4 is 45.6 Å². The lowest BCUT2D eigenvalue weighted by Gasteiger charge is -2.11. The number of para-hydroxylation sites is 1. The van der Waals surface area contributed by atoms with Crippen molar-refractivity contribution in [3.05, 3.63) is 69.8 Å². The molecule has 24 heavy (non-hydrogen) atoms. The summed E-state index contributed by atoms with van der Waals surface area (Å²) in [5, 5.41) is 10.0. The summed E-state index contributed by atoms with van der Waals surface area (Å²) in [5.74, 6) is 0.823. The molecule has 0 radical (unpaired) electrons. The van der Waals surface area contributed by atoms with E-state index in [4.69, 9.17) is 28.2 Å². The van der Waals surface area contributed by atoms with Gasteiger partial charge in [-0.05, 0) is 36.8 Å². The van der Waals surface area contributed by atoms with Gasteiger partial charge < -0.3 is 5.32 Å². The average molecular weight is 357 g/mol. The van der Waals surface area contributed by atoms with Crippen LogP contribution < -0.4 is 5.32 Å². The maximum absolute atomic E-state index is 6.08. The Hall–Kier alpha value is -2.30. The zero-order chi connectivity index (χ0) is 16.7. The molecule has 2 aromatic heterocycles. The van der Waals surface area contributed by atoms with Crippen molar-refractivity contribution in [1.82, 2.24) is 14.6 Å². The molecule has 4 aromatic rings. The second kappa shape index (κ2) is 5.96. The number of hydrogen-bond acceptors (Lipinski definition) is 3. The Morgan fingerprint density at radius 2 is 1.88 bits per heavy atom. The van der Waals surface area contributed by atoms with Crippen LogP contribution in [-0.2, 0) is 6.54 Å². The Morgan fingerprint density at radius 1 is 1.04 bits per heavy atom. The van der Waals surface area contributed by atoms with Gasteiger partial charge in [0.05, 0.1) is 21.3 Å². The van der Waals surface area contributed by atoms with E-state index in [1.807, 2.05) is 53.9 Å². The van der Waals surface area contributed by atoms with Crippen molar-refractivity contribution in [2.24, 2.45) is 0 Å². The van der Waals surface area contributed by atoms with E-state index in [9.17, 15) is 0 Å². The third-order valence-corrected chi connectivity index (χ3v) is 4.61. The Kier molecular flexibility index (Phi) is 3.79. The van der Waals surface area contributed by atoms with Gasteiger partial charge >= 0.3 is 0 Å². The van der Waals surface area contributed by atoms with E-state index in [0.29, 0.717) is 16.6 Å². The first kappa shape index (κ1) is 15.2. The van der Waals surface area contributed by atoms with E-state index in [1.54, 1.807) is 6.07 Å². The van der Waals surface area contributed by atoms with Crippen LogP contribution >= 0.6 is 23.2 Å². The number of benzene rings is 2. The molecular weight excluding hydrogens is 343 g/mol. The molecule has 0 bridgehead atoms.